The summed E-state index contributed by atoms with van der Waals surface area (Å²) in [6.07, 6.45) is 1.45. The van der Waals surface area contributed by atoms with Crippen LogP contribution < -0.4 is 10.9 Å². The number of aryl methyl sites for hydroxylation is 1. The van der Waals surface area contributed by atoms with Gasteiger partial charge >= 0.3 is 0 Å². The van der Waals surface area contributed by atoms with Crippen LogP contribution in [0.5, 0.6) is 0 Å². The molecule has 0 aliphatic carbocycles. The van der Waals surface area contributed by atoms with Crippen molar-refractivity contribution >= 4 is 24.0 Å². The summed E-state index contributed by atoms with van der Waals surface area (Å²) < 4.78 is 3.32. The summed E-state index contributed by atoms with van der Waals surface area (Å²) in [6, 6.07) is 14.3. The molecule has 0 bridgehead atoms. The van der Waals surface area contributed by atoms with Crippen LogP contribution in [0.1, 0.15) is 15.9 Å². The van der Waals surface area contributed by atoms with Crippen LogP contribution >= 0.6 is 12.2 Å². The van der Waals surface area contributed by atoms with E-state index in [2.05, 4.69) is 36.6 Å². The number of H-pyrrole nitrogens is 1. The minimum atomic E-state index is -0.467. The number of nitrogens with one attached hydrogen (secondary N) is 3. The van der Waals surface area contributed by atoms with E-state index in [4.69, 9.17) is 12.2 Å². The molecule has 0 saturated heterocycles. The minimum absolute atomic E-state index is 0.114. The lowest BCUT2D eigenvalue weighted by Crippen LogP contribution is -2.43. The third-order valence-electron chi connectivity index (χ3n) is 4.43. The maximum Gasteiger partial charge on any atom is 0.269 e. The van der Waals surface area contributed by atoms with Gasteiger partial charge in [-0.3, -0.25) is 30.1 Å². The molecule has 2 aromatic carbocycles. The maximum atomic E-state index is 12.4. The molecule has 2 amide bonds. The Morgan fingerprint density at radius 1 is 1.06 bits per heavy atom. The Hall–Kier alpha value is -4.19. The van der Waals surface area contributed by atoms with E-state index in [1.807, 2.05) is 31.2 Å². The van der Waals surface area contributed by atoms with Gasteiger partial charge in [0.25, 0.3) is 11.8 Å². The molecule has 0 aliphatic heterocycles. The number of nitrogens with zero attached hydrogens (tertiary/aromatic N) is 6. The largest absolute Gasteiger partial charge is 0.291 e. The highest BCUT2D eigenvalue weighted by atomic mass is 32.1. The quantitative estimate of drug-likeness (QED) is 0.318. The molecule has 0 unspecified atom stereocenters. The first-order chi connectivity index (χ1) is 15.0. The van der Waals surface area contributed by atoms with Crippen LogP contribution in [-0.4, -0.2) is 46.8 Å². The topological polar surface area (TPSA) is 135 Å². The number of aromatic nitrogens is 7. The number of benzene rings is 2. The van der Waals surface area contributed by atoms with Crippen molar-refractivity contribution in [2.24, 2.45) is 0 Å². The van der Waals surface area contributed by atoms with Gasteiger partial charge in [0.1, 0.15) is 12.9 Å². The first-order valence-electron chi connectivity index (χ1n) is 9.16. The number of hydrogen-bond acceptors (Lipinski definition) is 7. The number of rotatable bonds is 5. The SMILES string of the molecule is Cc1ccc(-c2n[nH]c(=S)n2CC(=O)NNC(=O)c2ccc(-n3cnnn3)cc2)cc1. The van der Waals surface area contributed by atoms with Gasteiger partial charge in [-0.05, 0) is 53.8 Å². The summed E-state index contributed by atoms with van der Waals surface area (Å²) in [4.78, 5) is 24.7. The van der Waals surface area contributed by atoms with Crippen LogP contribution in [-0.2, 0) is 11.3 Å². The molecule has 12 heteroatoms. The lowest BCUT2D eigenvalue weighted by atomic mass is 10.1. The second kappa shape index (κ2) is 8.67. The Kier molecular flexibility index (Phi) is 5.62. The van der Waals surface area contributed by atoms with Gasteiger partial charge in [-0.2, -0.15) is 5.10 Å². The first-order valence-corrected chi connectivity index (χ1v) is 9.57. The van der Waals surface area contributed by atoms with Gasteiger partial charge in [-0.15, -0.1) is 5.10 Å². The third kappa shape index (κ3) is 4.53. The minimum Gasteiger partial charge on any atom is -0.291 e. The van der Waals surface area contributed by atoms with E-state index in [-0.39, 0.29) is 6.54 Å². The zero-order valence-corrected chi connectivity index (χ0v) is 17.1. The lowest BCUT2D eigenvalue weighted by molar-refractivity contribution is -0.122. The van der Waals surface area contributed by atoms with E-state index in [1.54, 1.807) is 28.8 Å². The lowest BCUT2D eigenvalue weighted by Gasteiger charge is -2.10. The molecule has 4 rings (SSSR count). The van der Waals surface area contributed by atoms with Crippen LogP contribution in [0.15, 0.2) is 54.9 Å². The predicted molar refractivity (Wildman–Crippen MR) is 112 cm³/mol. The summed E-state index contributed by atoms with van der Waals surface area (Å²) in [5.41, 5.74) is 7.76. The highest BCUT2D eigenvalue weighted by Crippen LogP contribution is 2.17. The summed E-state index contributed by atoms with van der Waals surface area (Å²) in [6.45, 7) is 1.87. The molecular weight excluding hydrogens is 418 g/mol. The monoisotopic (exact) mass is 435 g/mol. The van der Waals surface area contributed by atoms with Crippen LogP contribution in [0.3, 0.4) is 0 Å². The van der Waals surface area contributed by atoms with E-state index in [1.165, 1.54) is 11.0 Å². The fraction of sp³-hybridized carbons (Fsp3) is 0.105. The van der Waals surface area contributed by atoms with Crippen molar-refractivity contribution in [2.75, 3.05) is 0 Å². The van der Waals surface area contributed by atoms with Crippen molar-refractivity contribution in [1.29, 1.82) is 0 Å². The first kappa shape index (κ1) is 20.1. The van der Waals surface area contributed by atoms with Gasteiger partial charge in [0.05, 0.1) is 5.69 Å². The average molecular weight is 435 g/mol. The van der Waals surface area contributed by atoms with Gasteiger partial charge in [-0.25, -0.2) is 4.68 Å². The maximum absolute atomic E-state index is 12.4. The molecular formula is C19H17N9O2S. The van der Waals surface area contributed by atoms with Crippen molar-refractivity contribution in [1.82, 2.24) is 45.8 Å². The molecule has 2 aromatic heterocycles. The molecule has 0 radical (unpaired) electrons. The molecule has 0 spiro atoms. The Morgan fingerprint density at radius 2 is 1.81 bits per heavy atom. The fourth-order valence-electron chi connectivity index (χ4n) is 2.81. The second-order valence-corrected chi connectivity index (χ2v) is 6.99. The summed E-state index contributed by atoms with van der Waals surface area (Å²) in [7, 11) is 0. The normalized spacial score (nSPS) is 10.6. The molecule has 0 aliphatic rings. The number of hydrogen-bond donors (Lipinski definition) is 3. The van der Waals surface area contributed by atoms with Gasteiger partial charge < -0.3 is 0 Å². The molecule has 3 N–H and O–H groups in total. The number of aromatic amines is 1. The highest BCUT2D eigenvalue weighted by molar-refractivity contribution is 7.71. The Morgan fingerprint density at radius 3 is 2.48 bits per heavy atom. The highest BCUT2D eigenvalue weighted by Gasteiger charge is 2.13. The van der Waals surface area contributed by atoms with Crippen molar-refractivity contribution in [3.8, 4) is 17.1 Å². The van der Waals surface area contributed by atoms with Crippen LogP contribution in [0, 0.1) is 11.7 Å². The van der Waals surface area contributed by atoms with E-state index < -0.39 is 11.8 Å². The molecule has 0 fully saturated rings. The molecule has 4 aromatic rings. The number of carbonyl (C=O) groups excluding carboxylic acids is 2. The second-order valence-electron chi connectivity index (χ2n) is 6.61. The van der Waals surface area contributed by atoms with Crippen molar-refractivity contribution < 1.29 is 9.59 Å². The molecule has 0 saturated carbocycles. The predicted octanol–water partition coefficient (Wildman–Crippen LogP) is 1.35. The van der Waals surface area contributed by atoms with Crippen molar-refractivity contribution in [2.45, 2.75) is 13.5 Å². The van der Waals surface area contributed by atoms with Gasteiger partial charge in [0.15, 0.2) is 10.6 Å². The summed E-state index contributed by atoms with van der Waals surface area (Å²) >= 11 is 5.24. The molecule has 0 atom stereocenters. The standard InChI is InChI=1S/C19H17N9O2S/c1-12-2-4-13(5-3-12)17-22-24-19(31)27(17)10-16(29)21-23-18(30)14-6-8-15(9-7-14)28-11-20-25-26-28/h2-9,11H,10H2,1H3,(H,21,29)(H,23,30)(H,24,31). The van der Waals surface area contributed by atoms with E-state index in [0.717, 1.165) is 11.1 Å². The van der Waals surface area contributed by atoms with E-state index in [9.17, 15) is 9.59 Å². The Balaban J connectivity index is 1.39. The van der Waals surface area contributed by atoms with Gasteiger partial charge in [-0.1, -0.05) is 29.8 Å². The number of hydrazine groups is 1. The number of tetrazole rings is 1. The van der Waals surface area contributed by atoms with Crippen molar-refractivity contribution in [3.63, 3.8) is 0 Å². The summed E-state index contributed by atoms with van der Waals surface area (Å²) in [5.74, 6) is -0.389. The average Bonchev–Trinajstić information content (AvgIpc) is 3.44. The van der Waals surface area contributed by atoms with Gasteiger partial charge in [0.2, 0.25) is 0 Å². The molecule has 31 heavy (non-hydrogen) atoms. The number of amides is 2. The zero-order valence-electron chi connectivity index (χ0n) is 16.3. The van der Waals surface area contributed by atoms with Gasteiger partial charge in [0, 0.05) is 11.1 Å². The number of carbonyl (C=O) groups is 2. The molecule has 2 heterocycles. The third-order valence-corrected chi connectivity index (χ3v) is 4.74. The Labute approximate surface area is 181 Å². The molecule has 156 valence electrons. The van der Waals surface area contributed by atoms with Crippen LogP contribution in [0.25, 0.3) is 17.1 Å². The Bertz CT molecular complexity index is 1260. The zero-order chi connectivity index (χ0) is 21.8. The van der Waals surface area contributed by atoms with E-state index in [0.29, 0.717) is 21.8 Å². The fourth-order valence-corrected chi connectivity index (χ4v) is 3.01. The van der Waals surface area contributed by atoms with Crippen LogP contribution in [0.2, 0.25) is 0 Å². The smallest absolute Gasteiger partial charge is 0.269 e. The molecule has 11 nitrogen and oxygen atoms in total. The van der Waals surface area contributed by atoms with E-state index >= 15 is 0 Å². The summed E-state index contributed by atoms with van der Waals surface area (Å²) in [5, 5.41) is 17.8. The van der Waals surface area contributed by atoms with Crippen molar-refractivity contribution in [3.05, 3.63) is 70.8 Å². The van der Waals surface area contributed by atoms with Crippen LogP contribution in [0.4, 0.5) is 0 Å².